The van der Waals surface area contributed by atoms with Crippen LogP contribution in [0.15, 0.2) is 58.7 Å². The molecule has 2 aromatic rings. The average Bonchev–Trinajstić information content (AvgIpc) is 2.78. The van der Waals surface area contributed by atoms with E-state index in [1.807, 2.05) is 10.9 Å². The molecule has 2 rings (SSSR count). The van der Waals surface area contributed by atoms with Crippen LogP contribution in [0.2, 0.25) is 0 Å². The number of carbonyl (C=O) groups is 2. The first kappa shape index (κ1) is 23.7. The van der Waals surface area contributed by atoms with Crippen LogP contribution >= 0.6 is 0 Å². The van der Waals surface area contributed by atoms with Gasteiger partial charge < -0.3 is 10.2 Å². The summed E-state index contributed by atoms with van der Waals surface area (Å²) >= 11 is 0. The van der Waals surface area contributed by atoms with E-state index in [0.717, 1.165) is 12.4 Å². The second-order valence-electron chi connectivity index (χ2n) is 6.06. The summed E-state index contributed by atoms with van der Waals surface area (Å²) in [6.07, 6.45) is -2.07. The Morgan fingerprint density at radius 2 is 1.06 bits per heavy atom. The molecule has 14 nitrogen and oxygen atoms in total. The van der Waals surface area contributed by atoms with Gasteiger partial charge in [0.15, 0.2) is 12.2 Å². The number of carbonyl (C=O) groups excluding carboxylic acids is 2. The van der Waals surface area contributed by atoms with E-state index in [-0.39, 0.29) is 11.4 Å². The molecule has 0 aliphatic rings. The van der Waals surface area contributed by atoms with Crippen molar-refractivity contribution in [3.05, 3.63) is 79.9 Å². The third-order valence-electron chi connectivity index (χ3n) is 3.82. The highest BCUT2D eigenvalue weighted by molar-refractivity contribution is 5.92. The number of nitrogens with one attached hydrogen (secondary N) is 2. The maximum Gasteiger partial charge on any atom is 0.272 e. The topological polar surface area (TPSA) is 210 Å². The third kappa shape index (κ3) is 6.75. The molecule has 0 fully saturated rings. The SMILES string of the molecule is O=C(N/N=C/c1ccc([N+](=O)[O-])cc1)C(O)C(O)C(=O)N/N=C/c1ccc([N+](=O)[O-])cc1. The average molecular weight is 444 g/mol. The van der Waals surface area contributed by atoms with Crippen molar-refractivity contribution in [3.63, 3.8) is 0 Å². The predicted octanol–water partition coefficient (Wildman–Crippen LogP) is -0.175. The fourth-order valence-corrected chi connectivity index (χ4v) is 2.12. The van der Waals surface area contributed by atoms with Crippen LogP contribution in [0.1, 0.15) is 11.1 Å². The van der Waals surface area contributed by atoms with Gasteiger partial charge in [0.05, 0.1) is 22.3 Å². The molecule has 166 valence electrons. The molecule has 0 aliphatic heterocycles. The molecule has 0 saturated heterocycles. The van der Waals surface area contributed by atoms with Crippen molar-refractivity contribution < 1.29 is 29.6 Å². The third-order valence-corrected chi connectivity index (χ3v) is 3.82. The molecule has 2 amide bonds. The normalized spacial score (nSPS) is 12.9. The van der Waals surface area contributed by atoms with E-state index in [1.165, 1.54) is 48.5 Å². The number of nitro groups is 2. The van der Waals surface area contributed by atoms with Gasteiger partial charge in [-0.1, -0.05) is 0 Å². The van der Waals surface area contributed by atoms with E-state index in [1.54, 1.807) is 0 Å². The Morgan fingerprint density at radius 3 is 1.34 bits per heavy atom. The number of benzene rings is 2. The molecule has 4 N–H and O–H groups in total. The largest absolute Gasteiger partial charge is 0.380 e. The van der Waals surface area contributed by atoms with E-state index in [9.17, 15) is 40.0 Å². The number of amides is 2. The second-order valence-corrected chi connectivity index (χ2v) is 6.06. The second kappa shape index (κ2) is 11.0. The Hall–Kier alpha value is -4.56. The van der Waals surface area contributed by atoms with Crippen LogP contribution in [0.3, 0.4) is 0 Å². The fraction of sp³-hybridized carbons (Fsp3) is 0.111. The lowest BCUT2D eigenvalue weighted by Gasteiger charge is -2.14. The van der Waals surface area contributed by atoms with Gasteiger partial charge in [-0.2, -0.15) is 10.2 Å². The van der Waals surface area contributed by atoms with E-state index in [0.29, 0.717) is 11.1 Å². The fourth-order valence-electron chi connectivity index (χ4n) is 2.12. The summed E-state index contributed by atoms with van der Waals surface area (Å²) in [5, 5.41) is 47.7. The van der Waals surface area contributed by atoms with E-state index in [4.69, 9.17) is 0 Å². The standard InChI is InChI=1S/C18H16N6O8/c25-15(17(27)21-19-9-11-1-5-13(6-2-11)23(29)30)16(26)18(28)22-20-10-12-3-7-14(8-4-12)24(31)32/h1-10,15-16,25-26H,(H,21,27)(H,22,28)/b19-9+,20-10+. The Kier molecular flexibility index (Phi) is 8.15. The molecular formula is C18H16N6O8. The lowest BCUT2D eigenvalue weighted by Crippen LogP contribution is -2.47. The van der Waals surface area contributed by atoms with Crippen LogP contribution in [0.4, 0.5) is 11.4 Å². The molecule has 0 radical (unpaired) electrons. The molecule has 2 unspecified atom stereocenters. The number of nitro benzene ring substituents is 2. The van der Waals surface area contributed by atoms with Gasteiger partial charge in [-0.25, -0.2) is 10.9 Å². The smallest absolute Gasteiger partial charge is 0.272 e. The zero-order valence-electron chi connectivity index (χ0n) is 16.1. The molecule has 0 saturated carbocycles. The summed E-state index contributed by atoms with van der Waals surface area (Å²) in [6, 6.07) is 10.4. The van der Waals surface area contributed by atoms with Gasteiger partial charge in [0.25, 0.3) is 23.2 Å². The monoisotopic (exact) mass is 444 g/mol. The van der Waals surface area contributed by atoms with Crippen molar-refractivity contribution in [3.8, 4) is 0 Å². The zero-order valence-corrected chi connectivity index (χ0v) is 16.1. The van der Waals surface area contributed by atoms with Gasteiger partial charge in [-0.15, -0.1) is 0 Å². The molecule has 2 aromatic carbocycles. The molecule has 0 heterocycles. The minimum Gasteiger partial charge on any atom is -0.380 e. The van der Waals surface area contributed by atoms with Crippen LogP contribution < -0.4 is 10.9 Å². The van der Waals surface area contributed by atoms with Crippen LogP contribution in [0.5, 0.6) is 0 Å². The lowest BCUT2D eigenvalue weighted by atomic mass is 10.2. The minimum absolute atomic E-state index is 0.132. The van der Waals surface area contributed by atoms with Crippen molar-refractivity contribution in [2.24, 2.45) is 10.2 Å². The van der Waals surface area contributed by atoms with Gasteiger partial charge >= 0.3 is 0 Å². The number of hydrogen-bond donors (Lipinski definition) is 4. The van der Waals surface area contributed by atoms with Gasteiger partial charge in [0, 0.05) is 24.3 Å². The Bertz CT molecular complexity index is 967. The number of hydrogen-bond acceptors (Lipinski definition) is 10. The van der Waals surface area contributed by atoms with E-state index >= 15 is 0 Å². The van der Waals surface area contributed by atoms with Crippen LogP contribution in [-0.2, 0) is 9.59 Å². The number of non-ortho nitro benzene ring substituents is 2. The van der Waals surface area contributed by atoms with Crippen molar-refractivity contribution in [1.82, 2.24) is 10.9 Å². The van der Waals surface area contributed by atoms with Crippen molar-refractivity contribution in [2.45, 2.75) is 12.2 Å². The van der Waals surface area contributed by atoms with Gasteiger partial charge in [-0.05, 0) is 35.4 Å². The molecule has 0 bridgehead atoms. The highest BCUT2D eigenvalue weighted by atomic mass is 16.6. The Balaban J connectivity index is 1.84. The zero-order chi connectivity index (χ0) is 23.7. The highest BCUT2D eigenvalue weighted by Crippen LogP contribution is 2.11. The summed E-state index contributed by atoms with van der Waals surface area (Å²) in [5.74, 6) is -2.38. The lowest BCUT2D eigenvalue weighted by molar-refractivity contribution is -0.385. The number of hydrazone groups is 2. The maximum absolute atomic E-state index is 11.8. The number of nitrogens with zero attached hydrogens (tertiary/aromatic N) is 4. The molecular weight excluding hydrogens is 428 g/mol. The molecule has 14 heteroatoms. The van der Waals surface area contributed by atoms with Gasteiger partial charge in [0.2, 0.25) is 0 Å². The molecule has 2 atom stereocenters. The number of aliphatic hydroxyl groups is 2. The van der Waals surface area contributed by atoms with Crippen molar-refractivity contribution >= 4 is 35.6 Å². The van der Waals surface area contributed by atoms with Crippen LogP contribution in [-0.4, -0.2) is 56.5 Å². The predicted molar refractivity (Wildman–Crippen MR) is 110 cm³/mol. The van der Waals surface area contributed by atoms with Crippen molar-refractivity contribution in [1.29, 1.82) is 0 Å². The molecule has 0 spiro atoms. The highest BCUT2D eigenvalue weighted by Gasteiger charge is 2.30. The first-order valence-corrected chi connectivity index (χ1v) is 8.70. The molecule has 0 aromatic heterocycles. The first-order chi connectivity index (χ1) is 15.2. The number of rotatable bonds is 9. The quantitative estimate of drug-likeness (QED) is 0.231. The van der Waals surface area contributed by atoms with Gasteiger partial charge in [-0.3, -0.25) is 29.8 Å². The first-order valence-electron chi connectivity index (χ1n) is 8.70. The number of aliphatic hydroxyl groups excluding tert-OH is 2. The van der Waals surface area contributed by atoms with E-state index < -0.39 is 33.9 Å². The Morgan fingerprint density at radius 1 is 0.750 bits per heavy atom. The summed E-state index contributed by atoms with van der Waals surface area (Å²) in [7, 11) is 0. The van der Waals surface area contributed by atoms with Crippen LogP contribution in [0.25, 0.3) is 0 Å². The van der Waals surface area contributed by atoms with E-state index in [2.05, 4.69) is 10.2 Å². The summed E-state index contributed by atoms with van der Waals surface area (Å²) in [4.78, 5) is 43.6. The van der Waals surface area contributed by atoms with Gasteiger partial charge in [0.1, 0.15) is 0 Å². The summed E-state index contributed by atoms with van der Waals surface area (Å²) in [5.41, 5.74) is 4.38. The summed E-state index contributed by atoms with van der Waals surface area (Å²) < 4.78 is 0. The minimum atomic E-state index is -2.17. The van der Waals surface area contributed by atoms with Crippen LogP contribution in [0, 0.1) is 20.2 Å². The Labute approximate surface area is 179 Å². The van der Waals surface area contributed by atoms with Crippen molar-refractivity contribution in [2.75, 3.05) is 0 Å². The molecule has 32 heavy (non-hydrogen) atoms. The summed E-state index contributed by atoms with van der Waals surface area (Å²) in [6.45, 7) is 0. The maximum atomic E-state index is 11.8. The molecule has 0 aliphatic carbocycles.